The number of ether oxygens (including phenoxy) is 1. The molecule has 0 saturated carbocycles. The van der Waals surface area contributed by atoms with Gasteiger partial charge in [0.1, 0.15) is 0 Å². The number of methoxy groups -OCH3 is 1. The molecular weight excluding hydrogens is 382 g/mol. The molecule has 6 nitrogen and oxygen atoms in total. The zero-order valence-corrected chi connectivity index (χ0v) is 16.9. The normalized spacial score (nSPS) is 15.6. The van der Waals surface area contributed by atoms with Crippen molar-refractivity contribution >= 4 is 35.4 Å². The highest BCUT2D eigenvalue weighted by atomic mass is 32.2. The number of carbonyl (C=O) groups excluding carboxylic acids is 2. The molecule has 1 aliphatic heterocycles. The van der Waals surface area contributed by atoms with Gasteiger partial charge in [0, 0.05) is 19.3 Å². The van der Waals surface area contributed by atoms with E-state index in [4.69, 9.17) is 0 Å². The van der Waals surface area contributed by atoms with Crippen LogP contribution in [0.5, 0.6) is 0 Å². The number of nitrogens with zero attached hydrogens (tertiary/aromatic N) is 3. The van der Waals surface area contributed by atoms with E-state index < -0.39 is 5.97 Å². The minimum absolute atomic E-state index is 0.0310. The summed E-state index contributed by atoms with van der Waals surface area (Å²) in [4.78, 5) is 29.6. The predicted octanol–water partition coefficient (Wildman–Crippen LogP) is 3.16. The van der Waals surface area contributed by atoms with Gasteiger partial charge in [-0.2, -0.15) is 0 Å². The first-order valence-electron chi connectivity index (χ1n) is 8.53. The van der Waals surface area contributed by atoms with Gasteiger partial charge < -0.3 is 14.2 Å². The molecule has 1 aromatic carbocycles. The van der Waals surface area contributed by atoms with Crippen LogP contribution in [0.2, 0.25) is 0 Å². The van der Waals surface area contributed by atoms with Crippen molar-refractivity contribution in [3.05, 3.63) is 47.6 Å². The molecule has 0 unspecified atom stereocenters. The van der Waals surface area contributed by atoms with Gasteiger partial charge in [-0.3, -0.25) is 4.79 Å². The molecule has 0 radical (unpaired) electrons. The molecule has 0 N–H and O–H groups in total. The van der Waals surface area contributed by atoms with Crippen molar-refractivity contribution in [2.75, 3.05) is 25.2 Å². The molecule has 0 atom stereocenters. The van der Waals surface area contributed by atoms with Crippen molar-refractivity contribution in [1.29, 1.82) is 0 Å². The zero-order valence-electron chi connectivity index (χ0n) is 15.3. The Bertz CT molecular complexity index is 849. The molecular formula is C19H21N3O3S2. The summed E-state index contributed by atoms with van der Waals surface area (Å²) in [5.41, 5.74) is 2.21. The van der Waals surface area contributed by atoms with E-state index in [1.807, 2.05) is 31.4 Å². The second kappa shape index (κ2) is 9.14. The van der Waals surface area contributed by atoms with Crippen LogP contribution in [-0.4, -0.2) is 51.5 Å². The van der Waals surface area contributed by atoms with Crippen LogP contribution in [0.3, 0.4) is 0 Å². The van der Waals surface area contributed by atoms with Gasteiger partial charge in [-0.05, 0) is 12.0 Å². The van der Waals surface area contributed by atoms with Gasteiger partial charge in [0.15, 0.2) is 5.16 Å². The molecule has 0 aliphatic carbocycles. The third-order valence-corrected chi connectivity index (χ3v) is 6.28. The van der Waals surface area contributed by atoms with Crippen molar-refractivity contribution in [3.63, 3.8) is 0 Å². The summed E-state index contributed by atoms with van der Waals surface area (Å²) < 4.78 is 6.73. The third-order valence-electron chi connectivity index (χ3n) is 4.13. The second-order valence-electron chi connectivity index (χ2n) is 5.89. The van der Waals surface area contributed by atoms with Gasteiger partial charge >= 0.3 is 5.97 Å². The number of aromatic nitrogens is 2. The maximum atomic E-state index is 12.0. The maximum Gasteiger partial charge on any atom is 0.333 e. The van der Waals surface area contributed by atoms with E-state index in [2.05, 4.69) is 26.4 Å². The molecule has 1 saturated heterocycles. The Hall–Kier alpha value is -2.19. The molecule has 27 heavy (non-hydrogen) atoms. The monoisotopic (exact) mass is 403 g/mol. The zero-order chi connectivity index (χ0) is 19.2. The summed E-state index contributed by atoms with van der Waals surface area (Å²) in [5, 5.41) is 1.61. The molecule has 1 aliphatic rings. The highest BCUT2D eigenvalue weighted by molar-refractivity contribution is 8.04. The van der Waals surface area contributed by atoms with E-state index in [0.717, 1.165) is 28.6 Å². The number of hydrogen-bond acceptors (Lipinski definition) is 6. The SMILES string of the molecule is COC(=O)/C=C1/SCC(=O)N1CCCSc1ncc(-c2ccccc2)n1C. The first kappa shape index (κ1) is 19.6. The molecule has 1 fully saturated rings. The summed E-state index contributed by atoms with van der Waals surface area (Å²) in [6, 6.07) is 10.2. The largest absolute Gasteiger partial charge is 0.466 e. The fourth-order valence-corrected chi connectivity index (χ4v) is 4.55. The van der Waals surface area contributed by atoms with Gasteiger partial charge in [-0.15, -0.1) is 0 Å². The van der Waals surface area contributed by atoms with Crippen LogP contribution in [0, 0.1) is 0 Å². The van der Waals surface area contributed by atoms with Crippen LogP contribution >= 0.6 is 23.5 Å². The lowest BCUT2D eigenvalue weighted by atomic mass is 10.2. The van der Waals surface area contributed by atoms with Crippen LogP contribution in [0.1, 0.15) is 6.42 Å². The number of hydrogen-bond donors (Lipinski definition) is 0. The molecule has 2 aromatic rings. The van der Waals surface area contributed by atoms with Crippen molar-refractivity contribution in [2.45, 2.75) is 11.6 Å². The lowest BCUT2D eigenvalue weighted by Crippen LogP contribution is -2.26. The van der Waals surface area contributed by atoms with E-state index in [9.17, 15) is 9.59 Å². The van der Waals surface area contributed by atoms with E-state index in [0.29, 0.717) is 17.3 Å². The Morgan fingerprint density at radius 1 is 1.37 bits per heavy atom. The summed E-state index contributed by atoms with van der Waals surface area (Å²) in [7, 11) is 3.34. The van der Waals surface area contributed by atoms with E-state index in [1.54, 1.807) is 16.7 Å². The average molecular weight is 404 g/mol. The molecule has 1 amide bonds. The molecule has 0 spiro atoms. The van der Waals surface area contributed by atoms with Crippen molar-refractivity contribution in [3.8, 4) is 11.3 Å². The number of rotatable bonds is 7. The van der Waals surface area contributed by atoms with E-state index in [-0.39, 0.29) is 5.91 Å². The van der Waals surface area contributed by atoms with Gasteiger partial charge in [0.05, 0.1) is 35.9 Å². The number of thioether (sulfide) groups is 2. The van der Waals surface area contributed by atoms with Crippen LogP contribution in [0.25, 0.3) is 11.3 Å². The maximum absolute atomic E-state index is 12.0. The fraction of sp³-hybridized carbons (Fsp3) is 0.316. The molecule has 3 rings (SSSR count). The number of imidazole rings is 1. The third kappa shape index (κ3) is 4.75. The molecule has 8 heteroatoms. The van der Waals surface area contributed by atoms with Gasteiger partial charge in [0.2, 0.25) is 5.91 Å². The quantitative estimate of drug-likeness (QED) is 0.306. The minimum Gasteiger partial charge on any atom is -0.466 e. The average Bonchev–Trinajstić information content (AvgIpc) is 3.22. The Balaban J connectivity index is 1.55. The minimum atomic E-state index is -0.437. The lowest BCUT2D eigenvalue weighted by Gasteiger charge is -2.16. The second-order valence-corrected chi connectivity index (χ2v) is 7.95. The lowest BCUT2D eigenvalue weighted by molar-refractivity contribution is -0.134. The highest BCUT2D eigenvalue weighted by Gasteiger charge is 2.26. The Morgan fingerprint density at radius 2 is 2.15 bits per heavy atom. The smallest absolute Gasteiger partial charge is 0.333 e. The van der Waals surface area contributed by atoms with Crippen LogP contribution in [0.4, 0.5) is 0 Å². The summed E-state index contributed by atoms with van der Waals surface area (Å²) in [5.74, 6) is 0.797. The first-order chi connectivity index (χ1) is 13.1. The Kier molecular flexibility index (Phi) is 6.63. The van der Waals surface area contributed by atoms with Crippen LogP contribution in [0.15, 0.2) is 52.8 Å². The highest BCUT2D eigenvalue weighted by Crippen LogP contribution is 2.30. The number of esters is 1. The van der Waals surface area contributed by atoms with E-state index >= 15 is 0 Å². The van der Waals surface area contributed by atoms with Crippen LogP contribution in [-0.2, 0) is 21.4 Å². The number of amides is 1. The van der Waals surface area contributed by atoms with Crippen molar-refractivity contribution in [2.24, 2.45) is 7.05 Å². The summed E-state index contributed by atoms with van der Waals surface area (Å²) in [6.07, 6.45) is 4.08. The van der Waals surface area contributed by atoms with Crippen molar-refractivity contribution in [1.82, 2.24) is 14.5 Å². The summed E-state index contributed by atoms with van der Waals surface area (Å²) >= 11 is 3.04. The van der Waals surface area contributed by atoms with Gasteiger partial charge in [-0.25, -0.2) is 9.78 Å². The van der Waals surface area contributed by atoms with Gasteiger partial charge in [0.25, 0.3) is 0 Å². The van der Waals surface area contributed by atoms with Gasteiger partial charge in [-0.1, -0.05) is 53.9 Å². The molecule has 1 aromatic heterocycles. The number of benzene rings is 1. The topological polar surface area (TPSA) is 64.4 Å². The molecule has 0 bridgehead atoms. The first-order valence-corrected chi connectivity index (χ1v) is 10.5. The Morgan fingerprint density at radius 3 is 2.89 bits per heavy atom. The number of carbonyl (C=O) groups is 2. The van der Waals surface area contributed by atoms with E-state index in [1.165, 1.54) is 24.9 Å². The fourth-order valence-electron chi connectivity index (χ4n) is 2.72. The predicted molar refractivity (Wildman–Crippen MR) is 108 cm³/mol. The molecule has 2 heterocycles. The van der Waals surface area contributed by atoms with Crippen LogP contribution < -0.4 is 0 Å². The van der Waals surface area contributed by atoms with Crippen molar-refractivity contribution < 1.29 is 14.3 Å². The summed E-state index contributed by atoms with van der Waals surface area (Å²) in [6.45, 7) is 0.581. The Labute approximate surface area is 167 Å². The molecule has 142 valence electrons. The standard InChI is InChI=1S/C19H21N3O3S2/c1-21-15(14-7-4-3-5-8-14)12-20-19(21)26-10-6-9-22-16(23)13-27-17(22)11-18(24)25-2/h3-5,7-8,11-12H,6,9-10,13H2,1-2H3/b17-11+.